The number of nitrogens with zero attached hydrogens (tertiary/aromatic N) is 1. The second-order valence-corrected chi connectivity index (χ2v) is 7.56. The zero-order valence-electron chi connectivity index (χ0n) is 15.6. The first kappa shape index (κ1) is 20.2. The Labute approximate surface area is 171 Å². The van der Waals surface area contributed by atoms with Crippen LogP contribution in [0.5, 0.6) is 0 Å². The monoisotopic (exact) mass is 445 g/mol. The van der Waals surface area contributed by atoms with E-state index in [9.17, 15) is 19.5 Å². The summed E-state index contributed by atoms with van der Waals surface area (Å²) in [6.45, 7) is 1.67. The average Bonchev–Trinajstić information content (AvgIpc) is 2.89. The first-order valence-electron chi connectivity index (χ1n) is 8.83. The molecule has 1 aliphatic heterocycles. The lowest BCUT2D eigenvalue weighted by molar-refractivity contribution is -0.142. The summed E-state index contributed by atoms with van der Waals surface area (Å²) in [6.07, 6.45) is 0.430. The molecule has 6 nitrogen and oxygen atoms in total. The molecule has 146 valence electrons. The van der Waals surface area contributed by atoms with E-state index in [1.807, 2.05) is 19.1 Å². The van der Waals surface area contributed by atoms with Gasteiger partial charge in [0.15, 0.2) is 11.4 Å². The number of Topliss-reactive ketones (excluding diaryl/α,β-unsaturated/α-hetero) is 1. The van der Waals surface area contributed by atoms with Crippen molar-refractivity contribution in [1.82, 2.24) is 0 Å². The van der Waals surface area contributed by atoms with E-state index in [1.165, 1.54) is 7.11 Å². The average molecular weight is 446 g/mol. The number of aryl methyl sites for hydroxylation is 1. The third kappa shape index (κ3) is 3.59. The lowest BCUT2D eigenvalue weighted by Gasteiger charge is -2.22. The Bertz CT molecular complexity index is 940. The Morgan fingerprint density at radius 2 is 1.86 bits per heavy atom. The van der Waals surface area contributed by atoms with E-state index in [0.717, 1.165) is 16.9 Å². The molecule has 0 radical (unpaired) electrons. The number of ether oxygens (including phenoxy) is 1. The summed E-state index contributed by atoms with van der Waals surface area (Å²) >= 11 is 3.33. The number of hydrogen-bond acceptors (Lipinski definition) is 5. The molecule has 0 saturated heterocycles. The van der Waals surface area contributed by atoms with Gasteiger partial charge in [-0.1, -0.05) is 47.1 Å². The first-order valence-corrected chi connectivity index (χ1v) is 9.62. The molecule has 0 fully saturated rings. The van der Waals surface area contributed by atoms with Crippen molar-refractivity contribution in [3.63, 3.8) is 0 Å². The Morgan fingerprint density at radius 1 is 1.18 bits per heavy atom. The quantitative estimate of drug-likeness (QED) is 0.545. The van der Waals surface area contributed by atoms with Gasteiger partial charge in [0.25, 0.3) is 5.91 Å². The number of anilines is 1. The van der Waals surface area contributed by atoms with Gasteiger partial charge in [-0.3, -0.25) is 19.3 Å². The van der Waals surface area contributed by atoms with E-state index in [2.05, 4.69) is 20.7 Å². The van der Waals surface area contributed by atoms with Crippen molar-refractivity contribution in [2.24, 2.45) is 0 Å². The third-order valence-corrected chi connectivity index (χ3v) is 5.40. The van der Waals surface area contributed by atoms with Gasteiger partial charge in [-0.05, 0) is 30.2 Å². The number of fused-ring (bicyclic) bond motifs is 1. The first-order chi connectivity index (χ1) is 13.3. The predicted molar refractivity (Wildman–Crippen MR) is 107 cm³/mol. The minimum Gasteiger partial charge on any atom is -0.468 e. The lowest BCUT2D eigenvalue weighted by atomic mass is 9.88. The molecule has 28 heavy (non-hydrogen) atoms. The highest BCUT2D eigenvalue weighted by molar-refractivity contribution is 9.10. The minimum absolute atomic E-state index is 0.286. The number of methoxy groups -OCH3 is 1. The fourth-order valence-corrected chi connectivity index (χ4v) is 3.67. The standard InChI is InChI=1S/C21H20BrNO5/c1-3-13-4-6-14(7-5-13)18(24)11-21(27)16-10-15(22)8-9-17(16)23(20(21)26)12-19(25)28-2/h4-10,27H,3,11-12H2,1-2H3/t21-/m0/s1. The molecule has 1 atom stereocenters. The van der Waals surface area contributed by atoms with Gasteiger partial charge >= 0.3 is 5.97 Å². The van der Waals surface area contributed by atoms with Gasteiger partial charge < -0.3 is 9.84 Å². The van der Waals surface area contributed by atoms with Gasteiger partial charge in [0.05, 0.1) is 19.2 Å². The molecular weight excluding hydrogens is 426 g/mol. The van der Waals surface area contributed by atoms with E-state index in [0.29, 0.717) is 15.7 Å². The van der Waals surface area contributed by atoms with Crippen LogP contribution in [0.2, 0.25) is 0 Å². The second-order valence-electron chi connectivity index (χ2n) is 6.64. The number of aliphatic hydroxyl groups is 1. The van der Waals surface area contributed by atoms with Crippen LogP contribution in [0.15, 0.2) is 46.9 Å². The van der Waals surface area contributed by atoms with E-state index >= 15 is 0 Å². The fourth-order valence-electron chi connectivity index (χ4n) is 3.30. The summed E-state index contributed by atoms with van der Waals surface area (Å²) in [6, 6.07) is 12.0. The summed E-state index contributed by atoms with van der Waals surface area (Å²) in [4.78, 5) is 38.7. The summed E-state index contributed by atoms with van der Waals surface area (Å²) in [5.41, 5.74) is 0.129. The second kappa shape index (κ2) is 7.85. The number of esters is 1. The molecule has 0 aliphatic carbocycles. The maximum absolute atomic E-state index is 13.0. The topological polar surface area (TPSA) is 83.9 Å². The highest BCUT2D eigenvalue weighted by Crippen LogP contribution is 2.44. The molecule has 0 spiro atoms. The van der Waals surface area contributed by atoms with Crippen molar-refractivity contribution >= 4 is 39.3 Å². The van der Waals surface area contributed by atoms with Crippen LogP contribution in [-0.2, 0) is 26.3 Å². The summed E-state index contributed by atoms with van der Waals surface area (Å²) < 4.78 is 5.30. The number of hydrogen-bond donors (Lipinski definition) is 1. The minimum atomic E-state index is -2.05. The third-order valence-electron chi connectivity index (χ3n) is 4.91. The summed E-state index contributed by atoms with van der Waals surface area (Å²) in [5.74, 6) is -1.69. The van der Waals surface area contributed by atoms with Gasteiger partial charge in [0.2, 0.25) is 0 Å². The molecule has 1 aliphatic rings. The fraction of sp³-hybridized carbons (Fsp3) is 0.286. The summed E-state index contributed by atoms with van der Waals surface area (Å²) in [7, 11) is 1.22. The SMILES string of the molecule is CCc1ccc(C(=O)C[C@@]2(O)C(=O)N(CC(=O)OC)c3ccc(Br)cc32)cc1. The highest BCUT2D eigenvalue weighted by Gasteiger charge is 2.51. The van der Waals surface area contributed by atoms with Crippen LogP contribution >= 0.6 is 15.9 Å². The van der Waals surface area contributed by atoms with Crippen LogP contribution in [0.1, 0.15) is 34.8 Å². The Kier molecular flexibility index (Phi) is 5.67. The number of rotatable bonds is 6. The van der Waals surface area contributed by atoms with Crippen molar-refractivity contribution in [2.75, 3.05) is 18.6 Å². The van der Waals surface area contributed by atoms with E-state index in [-0.39, 0.29) is 17.9 Å². The lowest BCUT2D eigenvalue weighted by Crippen LogP contribution is -2.43. The largest absolute Gasteiger partial charge is 0.468 e. The molecule has 0 bridgehead atoms. The van der Waals surface area contributed by atoms with Crippen molar-refractivity contribution in [1.29, 1.82) is 0 Å². The molecule has 0 unspecified atom stereocenters. The smallest absolute Gasteiger partial charge is 0.325 e. The number of carbonyl (C=O) groups excluding carboxylic acids is 3. The molecule has 7 heteroatoms. The van der Waals surface area contributed by atoms with Crippen molar-refractivity contribution in [3.8, 4) is 0 Å². The molecule has 1 amide bonds. The molecule has 2 aromatic carbocycles. The number of ketones is 1. The van der Waals surface area contributed by atoms with Gasteiger partial charge in [0.1, 0.15) is 6.54 Å². The van der Waals surface area contributed by atoms with E-state index < -0.39 is 23.9 Å². The molecule has 1 N–H and O–H groups in total. The van der Waals surface area contributed by atoms with Crippen LogP contribution in [0, 0.1) is 0 Å². The van der Waals surface area contributed by atoms with Crippen LogP contribution in [0.4, 0.5) is 5.69 Å². The van der Waals surface area contributed by atoms with Crippen molar-refractivity contribution < 1.29 is 24.2 Å². The van der Waals surface area contributed by atoms with Crippen LogP contribution in [0.25, 0.3) is 0 Å². The zero-order chi connectivity index (χ0) is 20.5. The summed E-state index contributed by atoms with van der Waals surface area (Å²) in [5, 5.41) is 11.2. The maximum atomic E-state index is 13.0. The van der Waals surface area contributed by atoms with E-state index in [4.69, 9.17) is 0 Å². The Balaban J connectivity index is 1.96. The number of benzene rings is 2. The molecule has 3 rings (SSSR count). The molecule has 1 heterocycles. The number of carbonyl (C=O) groups is 3. The normalized spacial score (nSPS) is 18.1. The van der Waals surface area contributed by atoms with Crippen LogP contribution < -0.4 is 4.90 Å². The van der Waals surface area contributed by atoms with Gasteiger partial charge in [0, 0.05) is 15.6 Å². The maximum Gasteiger partial charge on any atom is 0.325 e. The zero-order valence-corrected chi connectivity index (χ0v) is 17.2. The highest BCUT2D eigenvalue weighted by atomic mass is 79.9. The number of halogens is 1. The molecule has 0 saturated carbocycles. The predicted octanol–water partition coefficient (Wildman–Crippen LogP) is 2.99. The number of amides is 1. The van der Waals surface area contributed by atoms with Crippen molar-refractivity contribution in [3.05, 3.63) is 63.6 Å². The van der Waals surface area contributed by atoms with Gasteiger partial charge in [-0.25, -0.2) is 0 Å². The molecule has 2 aromatic rings. The van der Waals surface area contributed by atoms with Crippen LogP contribution in [0.3, 0.4) is 0 Å². The van der Waals surface area contributed by atoms with E-state index in [1.54, 1.807) is 30.3 Å². The molecule has 0 aromatic heterocycles. The van der Waals surface area contributed by atoms with Gasteiger partial charge in [-0.2, -0.15) is 0 Å². The Morgan fingerprint density at radius 3 is 2.46 bits per heavy atom. The Hall–Kier alpha value is -2.51. The molecular formula is C21H20BrNO5. The van der Waals surface area contributed by atoms with Gasteiger partial charge in [-0.15, -0.1) is 0 Å². The van der Waals surface area contributed by atoms with Crippen molar-refractivity contribution in [2.45, 2.75) is 25.4 Å². The van der Waals surface area contributed by atoms with Crippen LogP contribution in [-0.4, -0.2) is 36.4 Å².